The number of nitrogens with zero attached hydrogens (tertiary/aromatic N) is 1. The van der Waals surface area contributed by atoms with E-state index in [0.29, 0.717) is 0 Å². The number of allylic oxidation sites excluding steroid dienone is 1. The van der Waals surface area contributed by atoms with Crippen LogP contribution >= 0.6 is 11.8 Å². The minimum Gasteiger partial charge on any atom is -0.248 e. The van der Waals surface area contributed by atoms with Crippen LogP contribution in [0.25, 0.3) is 11.1 Å². The maximum Gasteiger partial charge on any atom is 0.123 e. The highest BCUT2D eigenvalue weighted by Crippen LogP contribution is 2.23. The summed E-state index contributed by atoms with van der Waals surface area (Å²) in [4.78, 5) is 5.81. The van der Waals surface area contributed by atoms with Crippen LogP contribution in [0.3, 0.4) is 0 Å². The summed E-state index contributed by atoms with van der Waals surface area (Å²) in [5.74, 6) is -0.229. The van der Waals surface area contributed by atoms with E-state index in [1.54, 1.807) is 12.1 Å². The van der Waals surface area contributed by atoms with E-state index in [1.807, 2.05) is 60.0 Å². The van der Waals surface area contributed by atoms with E-state index in [0.717, 1.165) is 21.9 Å². The zero-order valence-corrected chi connectivity index (χ0v) is 17.1. The monoisotopic (exact) mass is 409 g/mol. The topological polar surface area (TPSA) is 12.4 Å². The van der Waals surface area contributed by atoms with Crippen molar-refractivity contribution >= 4 is 23.2 Å². The fourth-order valence-corrected chi connectivity index (χ4v) is 3.64. The van der Waals surface area contributed by atoms with Crippen molar-refractivity contribution < 1.29 is 4.39 Å². The number of hydrogen-bond donors (Lipinski definition) is 0. The molecule has 0 aliphatic rings. The minimum atomic E-state index is -0.229. The van der Waals surface area contributed by atoms with E-state index in [2.05, 4.69) is 36.4 Å². The second-order valence-corrected chi connectivity index (χ2v) is 7.63. The summed E-state index contributed by atoms with van der Waals surface area (Å²) < 4.78 is 13.1. The average Bonchev–Trinajstić information content (AvgIpc) is 2.81. The molecular weight excluding hydrogens is 389 g/mol. The largest absolute Gasteiger partial charge is 0.248 e. The highest BCUT2D eigenvalue weighted by molar-refractivity contribution is 8.02. The van der Waals surface area contributed by atoms with Gasteiger partial charge in [-0.05, 0) is 59.0 Å². The second-order valence-electron chi connectivity index (χ2n) is 6.65. The Hall–Kier alpha value is -3.43. The highest BCUT2D eigenvalue weighted by atomic mass is 32.2. The average molecular weight is 410 g/mol. The number of benzene rings is 4. The first kappa shape index (κ1) is 19.9. The first-order chi connectivity index (χ1) is 14.8. The molecule has 0 bridgehead atoms. The van der Waals surface area contributed by atoms with Gasteiger partial charge in [-0.15, -0.1) is 0 Å². The Morgan fingerprint density at radius 3 is 1.93 bits per heavy atom. The second kappa shape index (κ2) is 9.86. The van der Waals surface area contributed by atoms with Gasteiger partial charge in [0.1, 0.15) is 5.82 Å². The molecule has 0 saturated heterocycles. The molecule has 4 aromatic rings. The first-order valence-electron chi connectivity index (χ1n) is 9.66. The number of aliphatic imine (C=N–C) groups is 1. The van der Waals surface area contributed by atoms with Gasteiger partial charge in [0.05, 0.1) is 11.4 Å². The number of thioether (sulfide) groups is 1. The van der Waals surface area contributed by atoms with Crippen molar-refractivity contribution in [3.05, 3.63) is 132 Å². The normalized spacial score (nSPS) is 11.7. The lowest BCUT2D eigenvalue weighted by atomic mass is 10.0. The van der Waals surface area contributed by atoms with Gasteiger partial charge in [0, 0.05) is 10.5 Å². The van der Waals surface area contributed by atoms with Gasteiger partial charge in [0.15, 0.2) is 0 Å². The number of halogens is 1. The predicted molar refractivity (Wildman–Crippen MR) is 126 cm³/mol. The maximum absolute atomic E-state index is 13.1. The van der Waals surface area contributed by atoms with E-state index in [9.17, 15) is 4.39 Å². The van der Waals surface area contributed by atoms with E-state index in [-0.39, 0.29) is 5.82 Å². The van der Waals surface area contributed by atoms with Crippen LogP contribution in [0.2, 0.25) is 0 Å². The smallest absolute Gasteiger partial charge is 0.123 e. The van der Waals surface area contributed by atoms with E-state index in [1.165, 1.54) is 35.0 Å². The van der Waals surface area contributed by atoms with Gasteiger partial charge in [-0.1, -0.05) is 84.6 Å². The summed E-state index contributed by atoms with van der Waals surface area (Å²) in [7, 11) is 0. The molecule has 0 heterocycles. The Morgan fingerprint density at radius 2 is 1.27 bits per heavy atom. The summed E-state index contributed by atoms with van der Waals surface area (Å²) in [5.41, 5.74) is 5.16. The van der Waals surface area contributed by atoms with Crippen molar-refractivity contribution in [1.29, 1.82) is 0 Å². The van der Waals surface area contributed by atoms with Gasteiger partial charge >= 0.3 is 0 Å². The van der Waals surface area contributed by atoms with Crippen molar-refractivity contribution in [2.75, 3.05) is 0 Å². The molecule has 146 valence electrons. The number of para-hydroxylation sites is 1. The van der Waals surface area contributed by atoms with Crippen LogP contribution in [0.5, 0.6) is 0 Å². The van der Waals surface area contributed by atoms with Crippen LogP contribution < -0.4 is 0 Å². The van der Waals surface area contributed by atoms with Crippen LogP contribution in [0, 0.1) is 5.82 Å². The lowest BCUT2D eigenvalue weighted by molar-refractivity contribution is 0.626. The summed E-state index contributed by atoms with van der Waals surface area (Å²) in [5, 5.41) is 1.99. The number of hydrogen-bond acceptors (Lipinski definition) is 2. The van der Waals surface area contributed by atoms with E-state index in [4.69, 9.17) is 4.99 Å². The summed E-state index contributed by atoms with van der Waals surface area (Å²) in [6.07, 6.45) is 2.00. The van der Waals surface area contributed by atoms with Gasteiger partial charge in [-0.25, -0.2) is 9.38 Å². The summed E-state index contributed by atoms with van der Waals surface area (Å²) >= 11 is 1.53. The molecule has 0 amide bonds. The molecule has 0 aliphatic carbocycles. The zero-order valence-electron chi connectivity index (χ0n) is 16.3. The van der Waals surface area contributed by atoms with Gasteiger partial charge in [-0.3, -0.25) is 0 Å². The van der Waals surface area contributed by atoms with Crippen molar-refractivity contribution in [2.24, 2.45) is 4.99 Å². The van der Waals surface area contributed by atoms with E-state index < -0.39 is 0 Å². The lowest BCUT2D eigenvalue weighted by Crippen LogP contribution is -1.96. The molecule has 0 N–H and O–H groups in total. The summed E-state index contributed by atoms with van der Waals surface area (Å²) in [6.45, 7) is 0. The van der Waals surface area contributed by atoms with Crippen molar-refractivity contribution in [1.82, 2.24) is 0 Å². The molecular formula is C27H20FNS. The van der Waals surface area contributed by atoms with Crippen molar-refractivity contribution in [3.63, 3.8) is 0 Å². The summed E-state index contributed by atoms with van der Waals surface area (Å²) in [6, 6.07) is 35.1. The molecule has 0 radical (unpaired) electrons. The lowest BCUT2D eigenvalue weighted by Gasteiger charge is -2.06. The minimum absolute atomic E-state index is 0.229. The van der Waals surface area contributed by atoms with Crippen LogP contribution in [0.15, 0.2) is 131 Å². The number of rotatable bonds is 6. The Bertz CT molecular complexity index is 1130. The highest BCUT2D eigenvalue weighted by Gasteiger charge is 2.03. The van der Waals surface area contributed by atoms with Gasteiger partial charge in [0.25, 0.3) is 0 Å². The van der Waals surface area contributed by atoms with Gasteiger partial charge < -0.3 is 0 Å². The molecule has 0 spiro atoms. The molecule has 4 aromatic carbocycles. The third-order valence-electron chi connectivity index (χ3n) is 4.54. The fraction of sp³-hybridized carbons (Fsp3) is 0. The molecule has 1 nitrogen and oxygen atoms in total. The zero-order chi connectivity index (χ0) is 20.6. The quantitative estimate of drug-likeness (QED) is 0.233. The predicted octanol–water partition coefficient (Wildman–Crippen LogP) is 7.92. The third kappa shape index (κ3) is 5.34. The molecule has 0 aliphatic heterocycles. The maximum atomic E-state index is 13.1. The van der Waals surface area contributed by atoms with Crippen LogP contribution in [-0.2, 0) is 0 Å². The SMILES string of the molecule is Fc1ccc(SC=CC(=Nc2ccccc2)c2ccc(-c3ccccc3)cc2)cc1. The Morgan fingerprint density at radius 1 is 0.667 bits per heavy atom. The Labute approximate surface area is 180 Å². The molecule has 3 heteroatoms. The van der Waals surface area contributed by atoms with Crippen LogP contribution in [-0.4, -0.2) is 5.71 Å². The molecule has 0 aromatic heterocycles. The van der Waals surface area contributed by atoms with Crippen molar-refractivity contribution in [3.8, 4) is 11.1 Å². The molecule has 0 fully saturated rings. The molecule has 0 unspecified atom stereocenters. The Balaban J connectivity index is 1.61. The molecule has 0 atom stereocenters. The Kier molecular flexibility index (Phi) is 6.53. The fourth-order valence-electron chi connectivity index (χ4n) is 2.99. The standard InChI is InChI=1S/C27H20FNS/c28-24-15-17-26(18-16-24)30-20-19-27(29-25-9-5-2-6-10-25)23-13-11-22(12-14-23)21-7-3-1-4-8-21/h1-20H. The van der Waals surface area contributed by atoms with Crippen LogP contribution in [0.4, 0.5) is 10.1 Å². The molecule has 0 saturated carbocycles. The van der Waals surface area contributed by atoms with Crippen molar-refractivity contribution in [2.45, 2.75) is 4.90 Å². The van der Waals surface area contributed by atoms with E-state index >= 15 is 0 Å². The first-order valence-corrected chi connectivity index (χ1v) is 10.5. The molecule has 4 rings (SSSR count). The van der Waals surface area contributed by atoms with Crippen LogP contribution in [0.1, 0.15) is 5.56 Å². The van der Waals surface area contributed by atoms with Gasteiger partial charge in [-0.2, -0.15) is 0 Å². The van der Waals surface area contributed by atoms with Gasteiger partial charge in [0.2, 0.25) is 0 Å². The third-order valence-corrected chi connectivity index (χ3v) is 5.35. The molecule has 30 heavy (non-hydrogen) atoms.